The summed E-state index contributed by atoms with van der Waals surface area (Å²) in [6, 6.07) is 9.51. The van der Waals surface area contributed by atoms with Crippen molar-refractivity contribution in [1.29, 1.82) is 0 Å². The number of hydrogen-bond donors (Lipinski definition) is 1. The Bertz CT molecular complexity index is 410. The highest BCUT2D eigenvalue weighted by molar-refractivity contribution is 7.12. The minimum absolute atomic E-state index is 0.588. The van der Waals surface area contributed by atoms with Gasteiger partial charge in [-0.25, -0.2) is 0 Å². The van der Waals surface area contributed by atoms with Crippen LogP contribution in [0.25, 0.3) is 0 Å². The molecule has 2 heterocycles. The molecule has 0 aliphatic rings. The third-order valence-electron chi connectivity index (χ3n) is 2.00. The van der Waals surface area contributed by atoms with E-state index in [1.165, 1.54) is 4.88 Å². The van der Waals surface area contributed by atoms with Crippen molar-refractivity contribution in [3.63, 3.8) is 0 Å². The standard InChI is InChI=1S/C11H11NOS/c1-8-5-6-10(14-8)11(13)9-4-2-3-7-12-9/h2-7,11,13H,1H3. The average molecular weight is 205 g/mol. The Hall–Kier alpha value is -1.19. The first-order valence-corrected chi connectivity index (χ1v) is 5.24. The summed E-state index contributed by atoms with van der Waals surface area (Å²) in [5.74, 6) is 0. The lowest BCUT2D eigenvalue weighted by Crippen LogP contribution is -1.98. The van der Waals surface area contributed by atoms with Gasteiger partial charge in [0.05, 0.1) is 5.69 Å². The van der Waals surface area contributed by atoms with Gasteiger partial charge in [-0.2, -0.15) is 0 Å². The largest absolute Gasteiger partial charge is 0.381 e. The van der Waals surface area contributed by atoms with Gasteiger partial charge < -0.3 is 5.11 Å². The molecular weight excluding hydrogens is 194 g/mol. The Labute approximate surface area is 86.9 Å². The number of nitrogens with zero attached hydrogens (tertiary/aromatic N) is 1. The first-order valence-electron chi connectivity index (χ1n) is 4.42. The molecule has 0 amide bonds. The average Bonchev–Trinajstić information content (AvgIpc) is 2.65. The van der Waals surface area contributed by atoms with Crippen LogP contribution >= 0.6 is 11.3 Å². The summed E-state index contributed by atoms with van der Waals surface area (Å²) < 4.78 is 0. The smallest absolute Gasteiger partial charge is 0.130 e. The highest BCUT2D eigenvalue weighted by Gasteiger charge is 2.12. The fourth-order valence-electron chi connectivity index (χ4n) is 1.28. The van der Waals surface area contributed by atoms with E-state index in [1.54, 1.807) is 17.5 Å². The van der Waals surface area contributed by atoms with Crippen LogP contribution in [0.4, 0.5) is 0 Å². The van der Waals surface area contributed by atoms with Gasteiger partial charge in [0.1, 0.15) is 6.10 Å². The normalized spacial score (nSPS) is 12.7. The summed E-state index contributed by atoms with van der Waals surface area (Å²) in [6.45, 7) is 2.03. The molecule has 72 valence electrons. The zero-order valence-electron chi connectivity index (χ0n) is 7.84. The van der Waals surface area contributed by atoms with Crippen molar-refractivity contribution in [2.24, 2.45) is 0 Å². The van der Waals surface area contributed by atoms with Crippen molar-refractivity contribution < 1.29 is 5.11 Å². The maximum Gasteiger partial charge on any atom is 0.130 e. The van der Waals surface area contributed by atoms with E-state index in [2.05, 4.69) is 4.98 Å². The number of aliphatic hydroxyl groups is 1. The van der Waals surface area contributed by atoms with Crippen molar-refractivity contribution in [3.05, 3.63) is 52.0 Å². The monoisotopic (exact) mass is 205 g/mol. The SMILES string of the molecule is Cc1ccc(C(O)c2ccccn2)s1. The van der Waals surface area contributed by atoms with Crippen LogP contribution in [0, 0.1) is 6.92 Å². The second kappa shape index (κ2) is 3.90. The van der Waals surface area contributed by atoms with E-state index < -0.39 is 6.10 Å². The Kier molecular flexibility index (Phi) is 2.61. The minimum Gasteiger partial charge on any atom is -0.381 e. The second-order valence-electron chi connectivity index (χ2n) is 3.11. The lowest BCUT2D eigenvalue weighted by atomic mass is 10.2. The summed E-state index contributed by atoms with van der Waals surface area (Å²) in [5, 5.41) is 9.95. The van der Waals surface area contributed by atoms with E-state index >= 15 is 0 Å². The van der Waals surface area contributed by atoms with Crippen LogP contribution in [-0.2, 0) is 0 Å². The lowest BCUT2D eigenvalue weighted by molar-refractivity contribution is 0.219. The number of aliphatic hydroxyl groups excluding tert-OH is 1. The van der Waals surface area contributed by atoms with Gasteiger partial charge >= 0.3 is 0 Å². The molecule has 1 N–H and O–H groups in total. The molecule has 0 spiro atoms. The molecule has 0 bridgehead atoms. The molecule has 2 aromatic heterocycles. The molecule has 2 aromatic rings. The fraction of sp³-hybridized carbons (Fsp3) is 0.182. The van der Waals surface area contributed by atoms with Gasteiger partial charge in [0.2, 0.25) is 0 Å². The molecule has 0 aromatic carbocycles. The first-order chi connectivity index (χ1) is 6.77. The van der Waals surface area contributed by atoms with E-state index in [0.717, 1.165) is 4.88 Å². The number of rotatable bonds is 2. The van der Waals surface area contributed by atoms with Crippen molar-refractivity contribution in [2.75, 3.05) is 0 Å². The van der Waals surface area contributed by atoms with E-state index in [4.69, 9.17) is 0 Å². The van der Waals surface area contributed by atoms with Crippen LogP contribution in [0.3, 0.4) is 0 Å². The fourth-order valence-corrected chi connectivity index (χ4v) is 2.16. The number of aryl methyl sites for hydroxylation is 1. The van der Waals surface area contributed by atoms with Crippen molar-refractivity contribution >= 4 is 11.3 Å². The first kappa shape index (κ1) is 9.37. The number of aromatic nitrogens is 1. The van der Waals surface area contributed by atoms with Crippen LogP contribution in [-0.4, -0.2) is 10.1 Å². The zero-order valence-corrected chi connectivity index (χ0v) is 8.66. The molecule has 0 fully saturated rings. The van der Waals surface area contributed by atoms with E-state index in [1.807, 2.05) is 37.3 Å². The Morgan fingerprint density at radius 3 is 2.71 bits per heavy atom. The van der Waals surface area contributed by atoms with Gasteiger partial charge in [-0.3, -0.25) is 4.98 Å². The number of pyridine rings is 1. The molecule has 14 heavy (non-hydrogen) atoms. The molecule has 0 saturated heterocycles. The topological polar surface area (TPSA) is 33.1 Å². The molecule has 3 heteroatoms. The molecular formula is C11H11NOS. The summed E-state index contributed by atoms with van der Waals surface area (Å²) in [5.41, 5.74) is 0.703. The highest BCUT2D eigenvalue weighted by Crippen LogP contribution is 2.26. The Balaban J connectivity index is 2.29. The quantitative estimate of drug-likeness (QED) is 0.817. The predicted molar refractivity (Wildman–Crippen MR) is 57.4 cm³/mol. The van der Waals surface area contributed by atoms with Crippen molar-refractivity contribution in [1.82, 2.24) is 4.98 Å². The van der Waals surface area contributed by atoms with E-state index in [0.29, 0.717) is 5.69 Å². The maximum atomic E-state index is 9.95. The number of thiophene rings is 1. The minimum atomic E-state index is -0.588. The van der Waals surface area contributed by atoms with Gasteiger partial charge in [0, 0.05) is 16.0 Å². The molecule has 2 nitrogen and oxygen atoms in total. The summed E-state index contributed by atoms with van der Waals surface area (Å²) in [4.78, 5) is 6.27. The Morgan fingerprint density at radius 2 is 2.14 bits per heavy atom. The summed E-state index contributed by atoms with van der Waals surface area (Å²) >= 11 is 1.60. The van der Waals surface area contributed by atoms with Gasteiger partial charge in [-0.15, -0.1) is 11.3 Å². The van der Waals surface area contributed by atoms with Gasteiger partial charge in [0.15, 0.2) is 0 Å². The molecule has 0 aliphatic heterocycles. The molecule has 0 aliphatic carbocycles. The molecule has 0 radical (unpaired) electrons. The molecule has 2 rings (SSSR count). The van der Waals surface area contributed by atoms with Gasteiger partial charge in [-0.05, 0) is 31.2 Å². The predicted octanol–water partition coefficient (Wildman–Crippen LogP) is 2.53. The van der Waals surface area contributed by atoms with Crippen LogP contribution in [0.1, 0.15) is 21.6 Å². The molecule has 0 saturated carbocycles. The molecule has 1 atom stereocenters. The second-order valence-corrected chi connectivity index (χ2v) is 4.43. The molecule has 1 unspecified atom stereocenters. The number of hydrogen-bond acceptors (Lipinski definition) is 3. The highest BCUT2D eigenvalue weighted by atomic mass is 32.1. The van der Waals surface area contributed by atoms with Crippen LogP contribution in [0.2, 0.25) is 0 Å². The van der Waals surface area contributed by atoms with Crippen molar-refractivity contribution in [3.8, 4) is 0 Å². The summed E-state index contributed by atoms with van der Waals surface area (Å²) in [6.07, 6.45) is 1.11. The Morgan fingerprint density at radius 1 is 1.29 bits per heavy atom. The maximum absolute atomic E-state index is 9.95. The van der Waals surface area contributed by atoms with Gasteiger partial charge in [0.25, 0.3) is 0 Å². The third kappa shape index (κ3) is 1.84. The van der Waals surface area contributed by atoms with Crippen LogP contribution in [0.15, 0.2) is 36.5 Å². The van der Waals surface area contributed by atoms with Gasteiger partial charge in [-0.1, -0.05) is 6.07 Å². The van der Waals surface area contributed by atoms with Crippen LogP contribution in [0.5, 0.6) is 0 Å². The lowest BCUT2D eigenvalue weighted by Gasteiger charge is -2.06. The third-order valence-corrected chi connectivity index (χ3v) is 3.05. The summed E-state index contributed by atoms with van der Waals surface area (Å²) in [7, 11) is 0. The van der Waals surface area contributed by atoms with E-state index in [-0.39, 0.29) is 0 Å². The van der Waals surface area contributed by atoms with E-state index in [9.17, 15) is 5.11 Å². The van der Waals surface area contributed by atoms with Crippen molar-refractivity contribution in [2.45, 2.75) is 13.0 Å². The van der Waals surface area contributed by atoms with Crippen LogP contribution < -0.4 is 0 Å². The zero-order chi connectivity index (χ0) is 9.97.